The van der Waals surface area contributed by atoms with Crippen LogP contribution < -0.4 is 0 Å². The SMILES string of the molecule is O=S(=O)(Cl)c1cnc2c(c1)CCCC2. The maximum atomic E-state index is 11.0. The van der Waals surface area contributed by atoms with Gasteiger partial charge in [-0.3, -0.25) is 4.98 Å². The topological polar surface area (TPSA) is 47.0 Å². The summed E-state index contributed by atoms with van der Waals surface area (Å²) >= 11 is 0. The second kappa shape index (κ2) is 3.51. The molecular weight excluding hydrogens is 222 g/mol. The Morgan fingerprint density at radius 3 is 2.71 bits per heavy atom. The number of pyridine rings is 1. The van der Waals surface area contributed by atoms with E-state index in [1.54, 1.807) is 6.07 Å². The van der Waals surface area contributed by atoms with Crippen molar-refractivity contribution in [3.05, 3.63) is 23.5 Å². The van der Waals surface area contributed by atoms with Gasteiger partial charge >= 0.3 is 0 Å². The van der Waals surface area contributed by atoms with Crippen molar-refractivity contribution in [2.24, 2.45) is 0 Å². The molecule has 0 atom stereocenters. The van der Waals surface area contributed by atoms with Gasteiger partial charge in [0.1, 0.15) is 4.90 Å². The molecule has 0 unspecified atom stereocenters. The summed E-state index contributed by atoms with van der Waals surface area (Å²) in [5.74, 6) is 0. The predicted octanol–water partition coefficient (Wildman–Crippen LogP) is 1.89. The molecule has 14 heavy (non-hydrogen) atoms. The van der Waals surface area contributed by atoms with Gasteiger partial charge in [-0.15, -0.1) is 0 Å². The Hall–Kier alpha value is -0.610. The fraction of sp³-hybridized carbons (Fsp3) is 0.444. The Kier molecular flexibility index (Phi) is 2.49. The van der Waals surface area contributed by atoms with Gasteiger partial charge in [-0.2, -0.15) is 0 Å². The van der Waals surface area contributed by atoms with Crippen molar-refractivity contribution in [1.29, 1.82) is 0 Å². The van der Waals surface area contributed by atoms with Crippen LogP contribution in [0.25, 0.3) is 0 Å². The Bertz CT molecular complexity index is 456. The van der Waals surface area contributed by atoms with E-state index in [2.05, 4.69) is 4.98 Å². The molecule has 0 radical (unpaired) electrons. The second-order valence-corrected chi connectivity index (χ2v) is 5.99. The number of hydrogen-bond donors (Lipinski definition) is 0. The fourth-order valence-electron chi connectivity index (χ4n) is 1.70. The van der Waals surface area contributed by atoms with Gasteiger partial charge in [-0.25, -0.2) is 8.42 Å². The van der Waals surface area contributed by atoms with E-state index < -0.39 is 9.05 Å². The van der Waals surface area contributed by atoms with Crippen LogP contribution in [0.3, 0.4) is 0 Å². The van der Waals surface area contributed by atoms with Gasteiger partial charge in [0.05, 0.1) is 0 Å². The Morgan fingerprint density at radius 1 is 1.29 bits per heavy atom. The third kappa shape index (κ3) is 1.91. The van der Waals surface area contributed by atoms with Gasteiger partial charge in [0.2, 0.25) is 0 Å². The van der Waals surface area contributed by atoms with Crippen LogP contribution in [-0.4, -0.2) is 13.4 Å². The third-order valence-corrected chi connectivity index (χ3v) is 3.75. The first-order valence-electron chi connectivity index (χ1n) is 4.50. The normalized spacial score (nSPS) is 16.4. The number of fused-ring (bicyclic) bond motifs is 1. The van der Waals surface area contributed by atoms with Crippen LogP contribution in [0.4, 0.5) is 0 Å². The van der Waals surface area contributed by atoms with Gasteiger partial charge in [0.25, 0.3) is 9.05 Å². The van der Waals surface area contributed by atoms with Crippen molar-refractivity contribution in [3.8, 4) is 0 Å². The number of aryl methyl sites for hydroxylation is 2. The van der Waals surface area contributed by atoms with Crippen molar-refractivity contribution < 1.29 is 8.42 Å². The molecule has 0 spiro atoms. The molecule has 2 rings (SSSR count). The van der Waals surface area contributed by atoms with Crippen LogP contribution in [0, 0.1) is 0 Å². The zero-order chi connectivity index (χ0) is 10.2. The highest BCUT2D eigenvalue weighted by atomic mass is 35.7. The minimum Gasteiger partial charge on any atom is -0.260 e. The molecule has 3 nitrogen and oxygen atoms in total. The van der Waals surface area contributed by atoms with Crippen LogP contribution in [0.2, 0.25) is 0 Å². The van der Waals surface area contributed by atoms with Crippen molar-refractivity contribution in [2.45, 2.75) is 30.6 Å². The quantitative estimate of drug-likeness (QED) is 0.694. The van der Waals surface area contributed by atoms with E-state index in [9.17, 15) is 8.42 Å². The maximum Gasteiger partial charge on any atom is 0.262 e. The van der Waals surface area contributed by atoms with E-state index in [1.165, 1.54) is 6.20 Å². The van der Waals surface area contributed by atoms with Gasteiger partial charge in [0, 0.05) is 22.6 Å². The predicted molar refractivity (Wildman–Crippen MR) is 53.9 cm³/mol. The molecule has 0 N–H and O–H groups in total. The van der Waals surface area contributed by atoms with Gasteiger partial charge in [0.15, 0.2) is 0 Å². The van der Waals surface area contributed by atoms with Crippen LogP contribution in [0.5, 0.6) is 0 Å². The van der Waals surface area contributed by atoms with Crippen molar-refractivity contribution in [1.82, 2.24) is 4.98 Å². The highest BCUT2D eigenvalue weighted by Gasteiger charge is 2.16. The minimum atomic E-state index is -3.63. The molecule has 76 valence electrons. The molecule has 0 aliphatic heterocycles. The van der Waals surface area contributed by atoms with Crippen molar-refractivity contribution in [2.75, 3.05) is 0 Å². The molecule has 1 heterocycles. The Balaban J connectivity index is 2.49. The molecule has 0 aromatic carbocycles. The first-order valence-corrected chi connectivity index (χ1v) is 6.81. The minimum absolute atomic E-state index is 0.111. The zero-order valence-electron chi connectivity index (χ0n) is 7.53. The second-order valence-electron chi connectivity index (χ2n) is 3.42. The zero-order valence-corrected chi connectivity index (χ0v) is 9.11. The number of nitrogens with zero attached hydrogens (tertiary/aromatic N) is 1. The van der Waals surface area contributed by atoms with Crippen LogP contribution >= 0.6 is 10.7 Å². The van der Waals surface area contributed by atoms with E-state index in [1.807, 2.05) is 0 Å². The van der Waals surface area contributed by atoms with Crippen LogP contribution in [-0.2, 0) is 21.9 Å². The average Bonchev–Trinajstić information content (AvgIpc) is 2.16. The largest absolute Gasteiger partial charge is 0.262 e. The van der Waals surface area contributed by atoms with E-state index in [-0.39, 0.29) is 4.90 Å². The van der Waals surface area contributed by atoms with Crippen LogP contribution in [0.1, 0.15) is 24.1 Å². The van der Waals surface area contributed by atoms with Gasteiger partial charge < -0.3 is 0 Å². The van der Waals surface area contributed by atoms with E-state index in [0.29, 0.717) is 0 Å². The summed E-state index contributed by atoms with van der Waals surface area (Å²) in [5, 5.41) is 0. The molecule has 1 aromatic heterocycles. The lowest BCUT2D eigenvalue weighted by molar-refractivity contribution is 0.607. The molecule has 0 fully saturated rings. The van der Waals surface area contributed by atoms with E-state index in [4.69, 9.17) is 10.7 Å². The summed E-state index contributed by atoms with van der Waals surface area (Å²) in [7, 11) is 1.61. The molecule has 1 aliphatic carbocycles. The molecule has 0 saturated heterocycles. The first kappa shape index (κ1) is 9.93. The summed E-state index contributed by atoms with van der Waals surface area (Å²) in [5.41, 5.74) is 2.04. The summed E-state index contributed by atoms with van der Waals surface area (Å²) in [6, 6.07) is 1.64. The monoisotopic (exact) mass is 231 g/mol. The van der Waals surface area contributed by atoms with Crippen molar-refractivity contribution in [3.63, 3.8) is 0 Å². The van der Waals surface area contributed by atoms with Gasteiger partial charge in [-0.05, 0) is 37.3 Å². The summed E-state index contributed by atoms with van der Waals surface area (Å²) < 4.78 is 22.1. The standard InChI is InChI=1S/C9H10ClNO2S/c10-14(12,13)8-5-7-3-1-2-4-9(7)11-6-8/h5-6H,1-4H2. The molecule has 0 saturated carbocycles. The molecule has 0 bridgehead atoms. The summed E-state index contributed by atoms with van der Waals surface area (Å²) in [4.78, 5) is 4.23. The Morgan fingerprint density at radius 2 is 2.00 bits per heavy atom. The molecule has 0 amide bonds. The summed E-state index contributed by atoms with van der Waals surface area (Å²) in [6.07, 6.45) is 5.42. The lowest BCUT2D eigenvalue weighted by atomic mass is 9.96. The third-order valence-electron chi connectivity index (χ3n) is 2.43. The fourth-order valence-corrected chi connectivity index (χ4v) is 2.41. The lowest BCUT2D eigenvalue weighted by Crippen LogP contribution is -2.06. The highest BCUT2D eigenvalue weighted by Crippen LogP contribution is 2.23. The summed E-state index contributed by atoms with van der Waals surface area (Å²) in [6.45, 7) is 0. The smallest absolute Gasteiger partial charge is 0.260 e. The van der Waals surface area contributed by atoms with E-state index >= 15 is 0 Å². The average molecular weight is 232 g/mol. The molecule has 5 heteroatoms. The number of hydrogen-bond acceptors (Lipinski definition) is 3. The number of rotatable bonds is 1. The highest BCUT2D eigenvalue weighted by molar-refractivity contribution is 8.13. The first-order chi connectivity index (χ1) is 6.57. The number of aromatic nitrogens is 1. The maximum absolute atomic E-state index is 11.0. The van der Waals surface area contributed by atoms with Crippen LogP contribution in [0.15, 0.2) is 17.2 Å². The van der Waals surface area contributed by atoms with Gasteiger partial charge in [-0.1, -0.05) is 0 Å². The lowest BCUT2D eigenvalue weighted by Gasteiger charge is -2.14. The molecule has 1 aromatic rings. The van der Waals surface area contributed by atoms with E-state index in [0.717, 1.165) is 36.9 Å². The Labute approximate surface area is 87.5 Å². The van der Waals surface area contributed by atoms with Crippen molar-refractivity contribution >= 4 is 19.7 Å². The number of halogens is 1. The molecular formula is C9H10ClNO2S. The molecule has 1 aliphatic rings.